The van der Waals surface area contributed by atoms with Gasteiger partial charge in [-0.1, -0.05) is 6.92 Å². The molecule has 1 N–H and O–H groups in total. The molecular weight excluding hydrogens is 132 g/mol. The van der Waals surface area contributed by atoms with Gasteiger partial charge in [0.25, 0.3) is 0 Å². The van der Waals surface area contributed by atoms with Crippen molar-refractivity contribution in [2.24, 2.45) is 0 Å². The normalized spacial score (nSPS) is 18.9. The van der Waals surface area contributed by atoms with Crippen LogP contribution in [0, 0.1) is 0 Å². The highest BCUT2D eigenvalue weighted by molar-refractivity contribution is 6.21. The Bertz CT molecular complexity index is 225. The molecule has 0 saturated carbocycles. The van der Waals surface area contributed by atoms with Gasteiger partial charge in [-0.2, -0.15) is 0 Å². The number of hydrogen-bond acceptors (Lipinski definition) is 3. The van der Waals surface area contributed by atoms with Gasteiger partial charge in [0, 0.05) is 5.57 Å². The molecule has 0 unspecified atom stereocenters. The third-order valence-electron chi connectivity index (χ3n) is 1.56. The van der Waals surface area contributed by atoms with Crippen molar-refractivity contribution in [1.82, 2.24) is 0 Å². The Morgan fingerprint density at radius 2 is 2.00 bits per heavy atom. The van der Waals surface area contributed by atoms with Crippen molar-refractivity contribution in [1.29, 1.82) is 0 Å². The fourth-order valence-corrected chi connectivity index (χ4v) is 1.00. The van der Waals surface area contributed by atoms with E-state index in [4.69, 9.17) is 5.11 Å². The van der Waals surface area contributed by atoms with Crippen LogP contribution in [-0.4, -0.2) is 16.7 Å². The average molecular weight is 140 g/mol. The maximum Gasteiger partial charge on any atom is 0.205 e. The molecular formula is C7H8O3. The minimum Gasteiger partial charge on any atom is -0.504 e. The van der Waals surface area contributed by atoms with Gasteiger partial charge in [-0.05, 0) is 6.42 Å². The minimum absolute atomic E-state index is 0.144. The number of carbonyl (C=O) groups excluding carboxylic acids is 2. The first-order valence-electron chi connectivity index (χ1n) is 3.15. The number of rotatable bonds is 1. The Morgan fingerprint density at radius 1 is 1.40 bits per heavy atom. The van der Waals surface area contributed by atoms with Crippen molar-refractivity contribution < 1.29 is 14.7 Å². The van der Waals surface area contributed by atoms with E-state index in [1.165, 1.54) is 0 Å². The molecule has 0 aromatic rings. The summed E-state index contributed by atoms with van der Waals surface area (Å²) < 4.78 is 0. The predicted octanol–water partition coefficient (Wildman–Crippen LogP) is 0.750. The number of hydrogen-bond donors (Lipinski definition) is 1. The summed E-state index contributed by atoms with van der Waals surface area (Å²) in [5.74, 6) is -1.00. The van der Waals surface area contributed by atoms with Crippen molar-refractivity contribution in [2.75, 3.05) is 0 Å². The van der Waals surface area contributed by atoms with E-state index in [0.29, 0.717) is 6.42 Å². The van der Waals surface area contributed by atoms with E-state index in [1.807, 2.05) is 0 Å². The summed E-state index contributed by atoms with van der Waals surface area (Å²) in [6.45, 7) is 1.74. The van der Waals surface area contributed by atoms with Gasteiger partial charge < -0.3 is 5.11 Å². The maximum absolute atomic E-state index is 10.8. The minimum atomic E-state index is -0.443. The molecule has 0 bridgehead atoms. The molecule has 1 aliphatic rings. The zero-order valence-electron chi connectivity index (χ0n) is 5.68. The first kappa shape index (κ1) is 6.99. The van der Waals surface area contributed by atoms with Gasteiger partial charge >= 0.3 is 0 Å². The second kappa shape index (κ2) is 2.25. The highest BCUT2D eigenvalue weighted by Crippen LogP contribution is 2.19. The zero-order valence-corrected chi connectivity index (χ0v) is 5.68. The second-order valence-electron chi connectivity index (χ2n) is 2.20. The van der Waals surface area contributed by atoms with Crippen LogP contribution in [0.3, 0.4) is 0 Å². The summed E-state index contributed by atoms with van der Waals surface area (Å²) in [7, 11) is 0. The van der Waals surface area contributed by atoms with Crippen LogP contribution in [0.1, 0.15) is 19.8 Å². The summed E-state index contributed by atoms with van der Waals surface area (Å²) in [6.07, 6.45) is 0.297. The lowest BCUT2D eigenvalue weighted by molar-refractivity contribution is -0.122. The zero-order chi connectivity index (χ0) is 7.72. The molecule has 0 aromatic heterocycles. The SMILES string of the molecule is CCC1=C(O)C(=O)CC1=O. The molecule has 0 fully saturated rings. The summed E-state index contributed by atoms with van der Waals surface area (Å²) in [5.41, 5.74) is 0.282. The van der Waals surface area contributed by atoms with E-state index in [-0.39, 0.29) is 23.5 Å². The Morgan fingerprint density at radius 3 is 2.20 bits per heavy atom. The number of allylic oxidation sites excluding steroid dienone is 2. The smallest absolute Gasteiger partial charge is 0.205 e. The lowest BCUT2D eigenvalue weighted by Gasteiger charge is -1.91. The van der Waals surface area contributed by atoms with Crippen LogP contribution in [-0.2, 0) is 9.59 Å². The molecule has 0 heterocycles. The third kappa shape index (κ3) is 0.835. The van der Waals surface area contributed by atoms with Crippen LogP contribution in [0.5, 0.6) is 0 Å². The van der Waals surface area contributed by atoms with Crippen LogP contribution in [0.4, 0.5) is 0 Å². The third-order valence-corrected chi connectivity index (χ3v) is 1.56. The lowest BCUT2D eigenvalue weighted by Crippen LogP contribution is -1.96. The predicted molar refractivity (Wildman–Crippen MR) is 34.6 cm³/mol. The van der Waals surface area contributed by atoms with E-state index in [9.17, 15) is 9.59 Å². The molecule has 3 nitrogen and oxygen atoms in total. The van der Waals surface area contributed by atoms with Crippen molar-refractivity contribution in [3.63, 3.8) is 0 Å². The molecule has 54 valence electrons. The molecule has 0 atom stereocenters. The molecule has 0 saturated heterocycles. The van der Waals surface area contributed by atoms with Gasteiger partial charge in [0.05, 0.1) is 6.42 Å². The van der Waals surface area contributed by atoms with Crippen molar-refractivity contribution in [3.8, 4) is 0 Å². The van der Waals surface area contributed by atoms with E-state index in [1.54, 1.807) is 6.92 Å². The highest BCUT2D eigenvalue weighted by Gasteiger charge is 2.28. The second-order valence-corrected chi connectivity index (χ2v) is 2.20. The van der Waals surface area contributed by atoms with Gasteiger partial charge in [-0.25, -0.2) is 0 Å². The van der Waals surface area contributed by atoms with Crippen LogP contribution >= 0.6 is 0 Å². The fourth-order valence-electron chi connectivity index (χ4n) is 1.00. The number of ketones is 2. The highest BCUT2D eigenvalue weighted by atomic mass is 16.3. The molecule has 0 spiro atoms. The van der Waals surface area contributed by atoms with E-state index < -0.39 is 5.78 Å². The topological polar surface area (TPSA) is 54.4 Å². The van der Waals surface area contributed by atoms with Gasteiger partial charge in [-0.15, -0.1) is 0 Å². The summed E-state index contributed by atoms with van der Waals surface area (Å²) in [5, 5.41) is 8.94. The summed E-state index contributed by atoms with van der Waals surface area (Å²) >= 11 is 0. The monoisotopic (exact) mass is 140 g/mol. The first-order valence-corrected chi connectivity index (χ1v) is 3.15. The lowest BCUT2D eigenvalue weighted by atomic mass is 10.2. The Labute approximate surface area is 58.4 Å². The quantitative estimate of drug-likeness (QED) is 0.547. The summed E-state index contributed by atoms with van der Waals surface area (Å²) in [6, 6.07) is 0. The van der Waals surface area contributed by atoms with Crippen molar-refractivity contribution in [3.05, 3.63) is 11.3 Å². The number of carbonyl (C=O) groups is 2. The van der Waals surface area contributed by atoms with Gasteiger partial charge in [0.1, 0.15) is 0 Å². The van der Waals surface area contributed by atoms with Gasteiger partial charge in [0.15, 0.2) is 11.5 Å². The maximum atomic E-state index is 10.8. The molecule has 3 heteroatoms. The molecule has 0 amide bonds. The average Bonchev–Trinajstić information content (AvgIpc) is 2.09. The van der Waals surface area contributed by atoms with Crippen molar-refractivity contribution in [2.45, 2.75) is 19.8 Å². The van der Waals surface area contributed by atoms with Crippen LogP contribution < -0.4 is 0 Å². The van der Waals surface area contributed by atoms with Crippen LogP contribution in [0.15, 0.2) is 11.3 Å². The molecule has 0 radical (unpaired) electrons. The molecule has 1 rings (SSSR count). The fraction of sp³-hybridized carbons (Fsp3) is 0.429. The van der Waals surface area contributed by atoms with Gasteiger partial charge in [-0.3, -0.25) is 9.59 Å². The Kier molecular flexibility index (Phi) is 1.57. The van der Waals surface area contributed by atoms with Crippen LogP contribution in [0.25, 0.3) is 0 Å². The molecule has 1 aliphatic carbocycles. The van der Waals surface area contributed by atoms with E-state index in [2.05, 4.69) is 0 Å². The Balaban J connectivity index is 3.01. The first-order chi connectivity index (χ1) is 4.66. The standard InChI is InChI=1S/C7H8O3/c1-2-4-5(8)3-6(9)7(4)10/h10H,2-3H2,1H3. The summed E-state index contributed by atoms with van der Waals surface area (Å²) in [4.78, 5) is 21.4. The van der Waals surface area contributed by atoms with Crippen molar-refractivity contribution >= 4 is 11.6 Å². The van der Waals surface area contributed by atoms with E-state index >= 15 is 0 Å². The number of aliphatic hydroxyl groups excluding tert-OH is 1. The van der Waals surface area contributed by atoms with Crippen LogP contribution in [0.2, 0.25) is 0 Å². The largest absolute Gasteiger partial charge is 0.504 e. The number of aliphatic hydroxyl groups is 1. The molecule has 0 aromatic carbocycles. The molecule has 10 heavy (non-hydrogen) atoms. The number of Topliss-reactive ketones (excluding diaryl/α,β-unsaturated/α-hetero) is 2. The molecule has 0 aliphatic heterocycles. The van der Waals surface area contributed by atoms with E-state index in [0.717, 1.165) is 0 Å². The Hall–Kier alpha value is -1.12. The van der Waals surface area contributed by atoms with Gasteiger partial charge in [0.2, 0.25) is 5.78 Å².